The van der Waals surface area contributed by atoms with Gasteiger partial charge in [0, 0.05) is 6.42 Å². The van der Waals surface area contributed by atoms with Crippen LogP contribution in [0.3, 0.4) is 0 Å². The second kappa shape index (κ2) is 9.64. The second-order valence-corrected chi connectivity index (χ2v) is 5.56. The molecule has 22 heavy (non-hydrogen) atoms. The molecule has 1 amide bonds. The molecule has 0 saturated carbocycles. The van der Waals surface area contributed by atoms with Gasteiger partial charge in [-0.05, 0) is 50.9 Å². The summed E-state index contributed by atoms with van der Waals surface area (Å²) in [6.07, 6.45) is 2.35. The molecular formula is C16H24ClFN2O2. The van der Waals surface area contributed by atoms with Crippen molar-refractivity contribution in [3.63, 3.8) is 0 Å². The van der Waals surface area contributed by atoms with Crippen LogP contribution >= 0.6 is 12.4 Å². The Bertz CT molecular complexity index is 467. The number of carbonyl (C=O) groups excluding carboxylic acids is 1. The van der Waals surface area contributed by atoms with Crippen molar-refractivity contribution in [2.75, 3.05) is 19.6 Å². The lowest BCUT2D eigenvalue weighted by Gasteiger charge is -2.16. The SMILES string of the molecule is CC(CNC(=O)CCC1CCNC1)Oc1ccccc1F.Cl. The van der Waals surface area contributed by atoms with Crippen LogP contribution < -0.4 is 15.4 Å². The molecule has 2 atom stereocenters. The standard InChI is InChI=1S/C16H23FN2O2.ClH/c1-12(21-15-5-3-2-4-14(15)17)10-19-16(20)7-6-13-8-9-18-11-13;/h2-5,12-13,18H,6-11H2,1H3,(H,19,20);1H. The maximum Gasteiger partial charge on any atom is 0.220 e. The molecule has 1 fully saturated rings. The van der Waals surface area contributed by atoms with Crippen molar-refractivity contribution in [3.05, 3.63) is 30.1 Å². The van der Waals surface area contributed by atoms with Gasteiger partial charge in [-0.25, -0.2) is 4.39 Å². The molecule has 0 aromatic heterocycles. The third-order valence-corrected chi connectivity index (χ3v) is 3.69. The predicted molar refractivity (Wildman–Crippen MR) is 87.0 cm³/mol. The summed E-state index contributed by atoms with van der Waals surface area (Å²) in [7, 11) is 0. The van der Waals surface area contributed by atoms with Gasteiger partial charge in [0.1, 0.15) is 6.10 Å². The molecule has 0 radical (unpaired) electrons. The molecule has 2 N–H and O–H groups in total. The number of nitrogens with one attached hydrogen (secondary N) is 2. The molecule has 4 nitrogen and oxygen atoms in total. The molecule has 0 bridgehead atoms. The fourth-order valence-corrected chi connectivity index (χ4v) is 2.44. The number of ether oxygens (including phenoxy) is 1. The minimum Gasteiger partial charge on any atom is -0.486 e. The highest BCUT2D eigenvalue weighted by atomic mass is 35.5. The Labute approximate surface area is 137 Å². The highest BCUT2D eigenvalue weighted by Crippen LogP contribution is 2.17. The van der Waals surface area contributed by atoms with E-state index >= 15 is 0 Å². The fourth-order valence-electron chi connectivity index (χ4n) is 2.44. The third kappa shape index (κ3) is 6.20. The molecule has 124 valence electrons. The van der Waals surface area contributed by atoms with E-state index in [-0.39, 0.29) is 36.0 Å². The molecule has 0 spiro atoms. The van der Waals surface area contributed by atoms with E-state index in [1.807, 2.05) is 6.92 Å². The lowest BCUT2D eigenvalue weighted by atomic mass is 10.0. The highest BCUT2D eigenvalue weighted by Gasteiger charge is 2.16. The van der Waals surface area contributed by atoms with Crippen LogP contribution in [0.4, 0.5) is 4.39 Å². The van der Waals surface area contributed by atoms with Crippen LogP contribution in [0.5, 0.6) is 5.75 Å². The summed E-state index contributed by atoms with van der Waals surface area (Å²) in [6.45, 7) is 4.27. The molecule has 1 aliphatic heterocycles. The minimum absolute atomic E-state index is 0. The average molecular weight is 331 g/mol. The van der Waals surface area contributed by atoms with Crippen molar-refractivity contribution in [1.82, 2.24) is 10.6 Å². The topological polar surface area (TPSA) is 50.4 Å². The maximum atomic E-state index is 13.4. The summed E-state index contributed by atoms with van der Waals surface area (Å²) in [5.41, 5.74) is 0. The summed E-state index contributed by atoms with van der Waals surface area (Å²) < 4.78 is 18.9. The van der Waals surface area contributed by atoms with Crippen LogP contribution in [0.15, 0.2) is 24.3 Å². The molecule has 1 aromatic carbocycles. The van der Waals surface area contributed by atoms with Gasteiger partial charge in [-0.1, -0.05) is 12.1 Å². The molecule has 2 unspecified atom stereocenters. The molecule has 0 aliphatic carbocycles. The molecule has 6 heteroatoms. The summed E-state index contributed by atoms with van der Waals surface area (Å²) in [6, 6.07) is 6.28. The van der Waals surface area contributed by atoms with Crippen LogP contribution in [0.1, 0.15) is 26.2 Å². The first-order valence-corrected chi connectivity index (χ1v) is 7.53. The van der Waals surface area contributed by atoms with E-state index in [4.69, 9.17) is 4.74 Å². The number of hydrogen-bond donors (Lipinski definition) is 2. The van der Waals surface area contributed by atoms with Crippen LogP contribution in [0.25, 0.3) is 0 Å². The van der Waals surface area contributed by atoms with Crippen molar-refractivity contribution in [2.45, 2.75) is 32.3 Å². The van der Waals surface area contributed by atoms with Gasteiger partial charge < -0.3 is 15.4 Å². The fraction of sp³-hybridized carbons (Fsp3) is 0.562. The molecule has 2 rings (SSSR count). The lowest BCUT2D eigenvalue weighted by Crippen LogP contribution is -2.33. The van der Waals surface area contributed by atoms with Crippen molar-refractivity contribution >= 4 is 18.3 Å². The van der Waals surface area contributed by atoms with Gasteiger partial charge in [0.25, 0.3) is 0 Å². The summed E-state index contributed by atoms with van der Waals surface area (Å²) in [4.78, 5) is 11.8. The zero-order valence-corrected chi connectivity index (χ0v) is 13.6. The number of rotatable bonds is 7. The molecular weight excluding hydrogens is 307 g/mol. The minimum atomic E-state index is -0.385. The number of para-hydroxylation sites is 1. The van der Waals surface area contributed by atoms with E-state index in [2.05, 4.69) is 10.6 Å². The smallest absolute Gasteiger partial charge is 0.220 e. The number of carbonyl (C=O) groups is 1. The Balaban J connectivity index is 0.00000242. The normalized spacial score (nSPS) is 18.4. The van der Waals surface area contributed by atoms with Gasteiger partial charge in [0.05, 0.1) is 6.54 Å². The molecule has 1 heterocycles. The van der Waals surface area contributed by atoms with Crippen molar-refractivity contribution in [1.29, 1.82) is 0 Å². The Hall–Kier alpha value is -1.33. The van der Waals surface area contributed by atoms with Gasteiger partial charge in [0.15, 0.2) is 11.6 Å². The van der Waals surface area contributed by atoms with Crippen molar-refractivity contribution < 1.29 is 13.9 Å². The second-order valence-electron chi connectivity index (χ2n) is 5.56. The first-order chi connectivity index (χ1) is 10.1. The molecule has 1 aromatic rings. The van der Waals surface area contributed by atoms with Crippen LogP contribution in [-0.4, -0.2) is 31.6 Å². The number of halogens is 2. The average Bonchev–Trinajstić information content (AvgIpc) is 2.99. The zero-order chi connectivity index (χ0) is 15.1. The molecule has 1 aliphatic rings. The Morgan fingerprint density at radius 2 is 2.27 bits per heavy atom. The number of benzene rings is 1. The lowest BCUT2D eigenvalue weighted by molar-refractivity contribution is -0.121. The van der Waals surface area contributed by atoms with E-state index in [9.17, 15) is 9.18 Å². The van der Waals surface area contributed by atoms with Crippen LogP contribution in [-0.2, 0) is 4.79 Å². The third-order valence-electron chi connectivity index (χ3n) is 3.69. The van der Waals surface area contributed by atoms with Gasteiger partial charge in [0.2, 0.25) is 5.91 Å². The summed E-state index contributed by atoms with van der Waals surface area (Å²) in [5.74, 6) is 0.481. The van der Waals surface area contributed by atoms with E-state index in [0.717, 1.165) is 25.9 Å². The monoisotopic (exact) mass is 330 g/mol. The molecule has 1 saturated heterocycles. The zero-order valence-electron chi connectivity index (χ0n) is 12.8. The largest absolute Gasteiger partial charge is 0.486 e. The summed E-state index contributed by atoms with van der Waals surface area (Å²) in [5, 5.41) is 6.13. The maximum absolute atomic E-state index is 13.4. The van der Waals surface area contributed by atoms with E-state index < -0.39 is 0 Å². The van der Waals surface area contributed by atoms with Gasteiger partial charge in [-0.15, -0.1) is 12.4 Å². The Morgan fingerprint density at radius 1 is 1.50 bits per heavy atom. The van der Waals surface area contributed by atoms with Crippen molar-refractivity contribution in [3.8, 4) is 5.75 Å². The van der Waals surface area contributed by atoms with Gasteiger partial charge >= 0.3 is 0 Å². The van der Waals surface area contributed by atoms with Crippen LogP contribution in [0.2, 0.25) is 0 Å². The van der Waals surface area contributed by atoms with Gasteiger partial charge in [-0.3, -0.25) is 4.79 Å². The van der Waals surface area contributed by atoms with Gasteiger partial charge in [-0.2, -0.15) is 0 Å². The van der Waals surface area contributed by atoms with E-state index in [0.29, 0.717) is 18.9 Å². The highest BCUT2D eigenvalue weighted by molar-refractivity contribution is 5.85. The Morgan fingerprint density at radius 3 is 2.95 bits per heavy atom. The first kappa shape index (κ1) is 18.7. The quantitative estimate of drug-likeness (QED) is 0.807. The predicted octanol–water partition coefficient (Wildman–Crippen LogP) is 2.52. The first-order valence-electron chi connectivity index (χ1n) is 7.53. The van der Waals surface area contributed by atoms with Crippen LogP contribution in [0, 0.1) is 11.7 Å². The van der Waals surface area contributed by atoms with E-state index in [1.165, 1.54) is 6.07 Å². The number of amides is 1. The summed E-state index contributed by atoms with van der Waals surface area (Å²) >= 11 is 0. The van der Waals surface area contributed by atoms with E-state index in [1.54, 1.807) is 18.2 Å². The Kier molecular flexibility index (Phi) is 8.20. The number of hydrogen-bond acceptors (Lipinski definition) is 3. The van der Waals surface area contributed by atoms with Crippen molar-refractivity contribution in [2.24, 2.45) is 5.92 Å².